The molecule has 1 saturated heterocycles. The highest BCUT2D eigenvalue weighted by molar-refractivity contribution is 5.94. The Morgan fingerprint density at radius 3 is 2.91 bits per heavy atom. The van der Waals surface area contributed by atoms with Crippen molar-refractivity contribution in [3.8, 4) is 0 Å². The predicted octanol–water partition coefficient (Wildman–Crippen LogP) is 1.30. The van der Waals surface area contributed by atoms with Crippen molar-refractivity contribution < 1.29 is 0 Å². The zero-order valence-corrected chi connectivity index (χ0v) is 7.22. The van der Waals surface area contributed by atoms with Crippen LogP contribution in [0.2, 0.25) is 0 Å². The van der Waals surface area contributed by atoms with Crippen LogP contribution in [0.5, 0.6) is 0 Å². The second kappa shape index (κ2) is 1.87. The van der Waals surface area contributed by atoms with Gasteiger partial charge < -0.3 is 4.90 Å². The van der Waals surface area contributed by atoms with Gasteiger partial charge in [0.15, 0.2) is 0 Å². The third kappa shape index (κ3) is 0.753. The average Bonchev–Trinajstić information content (AvgIpc) is 2.41. The summed E-state index contributed by atoms with van der Waals surface area (Å²) in [5, 5.41) is 0. The minimum absolute atomic E-state index is 0.135. The van der Waals surface area contributed by atoms with Gasteiger partial charge in [-0.15, -0.1) is 0 Å². The summed E-state index contributed by atoms with van der Waals surface area (Å²) < 4.78 is 0. The van der Waals surface area contributed by atoms with Gasteiger partial charge in [-0.2, -0.15) is 0 Å². The highest BCUT2D eigenvalue weighted by Crippen LogP contribution is 2.37. The summed E-state index contributed by atoms with van der Waals surface area (Å²) in [4.78, 5) is 6.82. The molecule has 0 amide bonds. The molecule has 60 valence electrons. The molecule has 0 aromatic carbocycles. The molecule has 2 heterocycles. The first kappa shape index (κ1) is 6.89. The van der Waals surface area contributed by atoms with Crippen LogP contribution in [0.3, 0.4) is 0 Å². The Hall–Kier alpha value is -0.790. The van der Waals surface area contributed by atoms with E-state index >= 15 is 0 Å². The van der Waals surface area contributed by atoms with E-state index in [2.05, 4.69) is 30.3 Å². The monoisotopic (exact) mass is 150 g/mol. The normalized spacial score (nSPS) is 27.3. The van der Waals surface area contributed by atoms with Gasteiger partial charge in [0, 0.05) is 18.5 Å². The fourth-order valence-corrected chi connectivity index (χ4v) is 1.82. The molecular formula is C9H14N2. The Labute approximate surface area is 67.6 Å². The van der Waals surface area contributed by atoms with Crippen LogP contribution in [0.4, 0.5) is 0 Å². The van der Waals surface area contributed by atoms with Crippen molar-refractivity contribution in [1.82, 2.24) is 4.90 Å². The number of rotatable bonds is 0. The molecule has 0 atom stereocenters. The standard InChI is InChI=1S/C9H14N2/c1-7-6-11-5-4-10-8(11)9(7,2)3/h1,4-6H2,2-3H3. The lowest BCUT2D eigenvalue weighted by atomic mass is 9.87. The van der Waals surface area contributed by atoms with E-state index in [0.29, 0.717) is 0 Å². The molecule has 2 rings (SSSR count). The van der Waals surface area contributed by atoms with E-state index in [4.69, 9.17) is 0 Å². The highest BCUT2D eigenvalue weighted by Gasteiger charge is 2.41. The third-order valence-corrected chi connectivity index (χ3v) is 2.76. The smallest absolute Gasteiger partial charge is 0.109 e. The van der Waals surface area contributed by atoms with Crippen LogP contribution in [-0.4, -0.2) is 30.4 Å². The lowest BCUT2D eigenvalue weighted by Gasteiger charge is -2.18. The van der Waals surface area contributed by atoms with Crippen molar-refractivity contribution in [2.75, 3.05) is 19.6 Å². The fraction of sp³-hybridized carbons (Fsp3) is 0.667. The van der Waals surface area contributed by atoms with E-state index in [1.807, 2.05) is 0 Å². The minimum atomic E-state index is 0.135. The molecular weight excluding hydrogens is 136 g/mol. The lowest BCUT2D eigenvalue weighted by molar-refractivity contribution is 0.518. The van der Waals surface area contributed by atoms with Crippen molar-refractivity contribution in [1.29, 1.82) is 0 Å². The van der Waals surface area contributed by atoms with Gasteiger partial charge in [0.25, 0.3) is 0 Å². The molecule has 0 aliphatic carbocycles. The van der Waals surface area contributed by atoms with Gasteiger partial charge in [-0.05, 0) is 19.4 Å². The molecule has 2 heteroatoms. The Morgan fingerprint density at radius 2 is 2.27 bits per heavy atom. The van der Waals surface area contributed by atoms with Crippen molar-refractivity contribution in [2.45, 2.75) is 13.8 Å². The molecule has 0 aromatic rings. The first-order chi connectivity index (χ1) is 5.12. The second-order valence-electron chi connectivity index (χ2n) is 3.86. The van der Waals surface area contributed by atoms with Gasteiger partial charge >= 0.3 is 0 Å². The molecule has 11 heavy (non-hydrogen) atoms. The van der Waals surface area contributed by atoms with Gasteiger partial charge in [0.2, 0.25) is 0 Å². The summed E-state index contributed by atoms with van der Waals surface area (Å²) in [7, 11) is 0. The first-order valence-electron chi connectivity index (χ1n) is 4.10. The van der Waals surface area contributed by atoms with Gasteiger partial charge in [-0.1, -0.05) is 6.58 Å². The molecule has 2 aliphatic heterocycles. The Kier molecular flexibility index (Phi) is 1.17. The Bertz CT molecular complexity index is 238. The van der Waals surface area contributed by atoms with Crippen LogP contribution in [0.15, 0.2) is 17.1 Å². The van der Waals surface area contributed by atoms with Gasteiger partial charge in [0.1, 0.15) is 5.84 Å². The van der Waals surface area contributed by atoms with E-state index < -0.39 is 0 Å². The van der Waals surface area contributed by atoms with Crippen molar-refractivity contribution in [2.24, 2.45) is 10.4 Å². The topological polar surface area (TPSA) is 15.6 Å². The van der Waals surface area contributed by atoms with E-state index in [1.54, 1.807) is 0 Å². The SMILES string of the molecule is C=C1CN2CCN=C2C1(C)C. The molecule has 2 aliphatic rings. The molecule has 0 N–H and O–H groups in total. The maximum absolute atomic E-state index is 4.48. The molecule has 2 nitrogen and oxygen atoms in total. The van der Waals surface area contributed by atoms with E-state index in [1.165, 1.54) is 11.4 Å². The second-order valence-corrected chi connectivity index (χ2v) is 3.86. The number of hydrogen-bond acceptors (Lipinski definition) is 2. The summed E-state index contributed by atoms with van der Waals surface area (Å²) >= 11 is 0. The number of aliphatic imine (C=N–C) groups is 1. The maximum Gasteiger partial charge on any atom is 0.109 e. The summed E-state index contributed by atoms with van der Waals surface area (Å²) in [6, 6.07) is 0. The van der Waals surface area contributed by atoms with Crippen LogP contribution < -0.4 is 0 Å². The van der Waals surface area contributed by atoms with Gasteiger partial charge in [0.05, 0.1) is 6.54 Å². The summed E-state index contributed by atoms with van der Waals surface area (Å²) in [5.74, 6) is 1.25. The van der Waals surface area contributed by atoms with Crippen LogP contribution in [0, 0.1) is 5.41 Å². The van der Waals surface area contributed by atoms with E-state index in [0.717, 1.165) is 19.6 Å². The largest absolute Gasteiger partial charge is 0.354 e. The molecule has 0 aromatic heterocycles. The van der Waals surface area contributed by atoms with Crippen LogP contribution >= 0.6 is 0 Å². The van der Waals surface area contributed by atoms with Crippen molar-refractivity contribution in [3.63, 3.8) is 0 Å². The number of fused-ring (bicyclic) bond motifs is 1. The minimum Gasteiger partial charge on any atom is -0.354 e. The lowest BCUT2D eigenvalue weighted by Crippen LogP contribution is -2.27. The molecule has 0 saturated carbocycles. The molecule has 0 unspecified atom stereocenters. The molecule has 0 radical (unpaired) electrons. The maximum atomic E-state index is 4.48. The van der Waals surface area contributed by atoms with Crippen LogP contribution in [0.1, 0.15) is 13.8 Å². The predicted molar refractivity (Wildman–Crippen MR) is 46.8 cm³/mol. The molecule has 1 fully saturated rings. The number of hydrogen-bond donors (Lipinski definition) is 0. The van der Waals surface area contributed by atoms with Crippen molar-refractivity contribution >= 4 is 5.84 Å². The first-order valence-corrected chi connectivity index (χ1v) is 4.10. The Balaban J connectivity index is 2.41. The van der Waals surface area contributed by atoms with Crippen LogP contribution in [-0.2, 0) is 0 Å². The quantitative estimate of drug-likeness (QED) is 0.475. The van der Waals surface area contributed by atoms with E-state index in [9.17, 15) is 0 Å². The summed E-state index contributed by atoms with van der Waals surface area (Å²) in [5.41, 5.74) is 1.44. The zero-order chi connectivity index (χ0) is 8.06. The van der Waals surface area contributed by atoms with Gasteiger partial charge in [-0.25, -0.2) is 0 Å². The summed E-state index contributed by atoms with van der Waals surface area (Å²) in [6.45, 7) is 11.6. The highest BCUT2D eigenvalue weighted by atomic mass is 15.3. The van der Waals surface area contributed by atoms with Crippen LogP contribution in [0.25, 0.3) is 0 Å². The fourth-order valence-electron chi connectivity index (χ4n) is 1.82. The summed E-state index contributed by atoms with van der Waals surface area (Å²) in [6.07, 6.45) is 0. The zero-order valence-electron chi connectivity index (χ0n) is 7.22. The Morgan fingerprint density at radius 1 is 1.55 bits per heavy atom. The van der Waals surface area contributed by atoms with E-state index in [-0.39, 0.29) is 5.41 Å². The van der Waals surface area contributed by atoms with Crippen molar-refractivity contribution in [3.05, 3.63) is 12.2 Å². The molecule has 0 bridgehead atoms. The third-order valence-electron chi connectivity index (χ3n) is 2.76. The average molecular weight is 150 g/mol. The van der Waals surface area contributed by atoms with Gasteiger partial charge in [-0.3, -0.25) is 4.99 Å². The number of amidine groups is 1. The molecule has 0 spiro atoms. The number of nitrogens with zero attached hydrogens (tertiary/aromatic N) is 2.